The van der Waals surface area contributed by atoms with Gasteiger partial charge < -0.3 is 16.9 Å². The van der Waals surface area contributed by atoms with E-state index in [1.165, 1.54) is 0 Å². The smallest absolute Gasteiger partial charge is 0.0730 e. The lowest BCUT2D eigenvalue weighted by molar-refractivity contribution is 0.824. The van der Waals surface area contributed by atoms with Crippen LogP contribution in [0.15, 0.2) is 42.5 Å². The fourth-order valence-corrected chi connectivity index (χ4v) is 1.86. The molecule has 94 valence electrons. The highest BCUT2D eigenvalue weighted by Gasteiger charge is 2.00. The maximum atomic E-state index is 5.73. The van der Waals surface area contributed by atoms with Crippen molar-refractivity contribution >= 4 is 45.6 Å². The van der Waals surface area contributed by atoms with Crippen molar-refractivity contribution in [3.63, 3.8) is 0 Å². The van der Waals surface area contributed by atoms with Gasteiger partial charge in [0.15, 0.2) is 0 Å². The summed E-state index contributed by atoms with van der Waals surface area (Å²) in [5.74, 6) is 0. The van der Waals surface area contributed by atoms with E-state index in [4.69, 9.17) is 11.5 Å². The minimum Gasteiger partial charge on any atom is -0.412 e. The molecule has 0 aliphatic heterocycles. The maximum Gasteiger partial charge on any atom is 0.0730 e. The standard InChI is InChI=1S/C13H11N3.ClH.H2O/c14-10-3-1-8-5-9-2-4-11(15)7-13(9)16-12(8)6-10;;/h1-7H,14-15H2;1H;1H2. The van der Waals surface area contributed by atoms with E-state index in [0.717, 1.165) is 33.2 Å². The first kappa shape index (κ1) is 14.0. The van der Waals surface area contributed by atoms with Crippen LogP contribution < -0.4 is 11.5 Å². The summed E-state index contributed by atoms with van der Waals surface area (Å²) >= 11 is 0. The second kappa shape index (κ2) is 5.08. The van der Waals surface area contributed by atoms with Crippen LogP contribution in [0.5, 0.6) is 0 Å². The van der Waals surface area contributed by atoms with Crippen LogP contribution in [0.25, 0.3) is 21.8 Å². The third-order valence-corrected chi connectivity index (χ3v) is 2.66. The molecule has 5 heteroatoms. The zero-order valence-electron chi connectivity index (χ0n) is 9.55. The number of nitrogens with two attached hydrogens (primary N) is 2. The van der Waals surface area contributed by atoms with Crippen LogP contribution in [0.4, 0.5) is 11.4 Å². The molecule has 0 aliphatic carbocycles. The Hall–Kier alpha value is -2.04. The lowest BCUT2D eigenvalue weighted by Crippen LogP contribution is -1.89. The van der Waals surface area contributed by atoms with E-state index >= 15 is 0 Å². The third kappa shape index (κ3) is 2.30. The van der Waals surface area contributed by atoms with Gasteiger partial charge in [-0.3, -0.25) is 0 Å². The van der Waals surface area contributed by atoms with Gasteiger partial charge in [0.1, 0.15) is 0 Å². The van der Waals surface area contributed by atoms with Crippen LogP contribution in [0.2, 0.25) is 0 Å². The zero-order chi connectivity index (χ0) is 11.1. The molecule has 1 aromatic heterocycles. The fourth-order valence-electron chi connectivity index (χ4n) is 1.86. The number of rotatable bonds is 0. The molecule has 0 fully saturated rings. The molecule has 0 bridgehead atoms. The van der Waals surface area contributed by atoms with E-state index in [0.29, 0.717) is 0 Å². The Balaban J connectivity index is 0.000000810. The highest BCUT2D eigenvalue weighted by Crippen LogP contribution is 2.22. The van der Waals surface area contributed by atoms with Crippen molar-refractivity contribution in [1.29, 1.82) is 0 Å². The molecule has 0 amide bonds. The summed E-state index contributed by atoms with van der Waals surface area (Å²) in [6, 6.07) is 13.6. The summed E-state index contributed by atoms with van der Waals surface area (Å²) in [5.41, 5.74) is 14.7. The number of hydrogen-bond donors (Lipinski definition) is 2. The van der Waals surface area contributed by atoms with Crippen LogP contribution in [-0.4, -0.2) is 10.5 Å². The van der Waals surface area contributed by atoms with Gasteiger partial charge in [-0.2, -0.15) is 0 Å². The summed E-state index contributed by atoms with van der Waals surface area (Å²) < 4.78 is 0. The Morgan fingerprint density at radius 2 is 1.17 bits per heavy atom. The first-order chi connectivity index (χ1) is 7.72. The molecule has 2 aromatic carbocycles. The van der Waals surface area contributed by atoms with E-state index < -0.39 is 0 Å². The van der Waals surface area contributed by atoms with E-state index in [1.54, 1.807) is 0 Å². The molecule has 18 heavy (non-hydrogen) atoms. The number of hydrogen-bond acceptors (Lipinski definition) is 3. The summed E-state index contributed by atoms with van der Waals surface area (Å²) in [7, 11) is 0. The lowest BCUT2D eigenvalue weighted by Gasteiger charge is -2.03. The summed E-state index contributed by atoms with van der Waals surface area (Å²) in [6.45, 7) is 0. The van der Waals surface area contributed by atoms with Crippen molar-refractivity contribution in [3.8, 4) is 0 Å². The van der Waals surface area contributed by atoms with Gasteiger partial charge in [-0.05, 0) is 30.3 Å². The van der Waals surface area contributed by atoms with Crippen molar-refractivity contribution in [2.24, 2.45) is 0 Å². The fraction of sp³-hybridized carbons (Fsp3) is 0. The predicted octanol–water partition coefficient (Wildman–Crippen LogP) is 2.15. The number of nitrogen functional groups attached to an aromatic ring is 2. The monoisotopic (exact) mass is 263 g/mol. The molecule has 3 aromatic rings. The molecule has 0 atom stereocenters. The van der Waals surface area contributed by atoms with Crippen molar-refractivity contribution in [2.45, 2.75) is 0 Å². The number of aromatic nitrogens is 1. The number of halogens is 1. The van der Waals surface area contributed by atoms with Crippen LogP contribution in [0.3, 0.4) is 0 Å². The quantitative estimate of drug-likeness (QED) is 0.480. The molecular formula is C13H14ClN3O. The Kier molecular flexibility index (Phi) is 3.96. The number of pyridine rings is 1. The SMILES string of the molecule is Cl.Nc1ccc2cc3ccc(N)cc3nc2c1.O. The number of nitrogens with zero attached hydrogens (tertiary/aromatic N) is 1. The first-order valence-electron chi connectivity index (χ1n) is 5.08. The molecule has 6 N–H and O–H groups in total. The van der Waals surface area contributed by atoms with Gasteiger partial charge in [-0.25, -0.2) is 4.98 Å². The predicted molar refractivity (Wildman–Crippen MR) is 78.9 cm³/mol. The number of benzene rings is 2. The maximum absolute atomic E-state index is 5.73. The van der Waals surface area contributed by atoms with Gasteiger partial charge in [-0.15, -0.1) is 12.4 Å². The Bertz CT molecular complexity index is 643. The van der Waals surface area contributed by atoms with Gasteiger partial charge in [-0.1, -0.05) is 12.1 Å². The minimum absolute atomic E-state index is 0. The normalized spacial score (nSPS) is 9.78. The Morgan fingerprint density at radius 1 is 0.722 bits per heavy atom. The zero-order valence-corrected chi connectivity index (χ0v) is 10.4. The number of anilines is 2. The summed E-state index contributed by atoms with van der Waals surface area (Å²) in [4.78, 5) is 4.54. The molecule has 1 heterocycles. The second-order valence-corrected chi connectivity index (χ2v) is 3.89. The molecule has 3 rings (SSSR count). The Morgan fingerprint density at radius 3 is 1.61 bits per heavy atom. The topological polar surface area (TPSA) is 96.4 Å². The van der Waals surface area contributed by atoms with Gasteiger partial charge in [0.05, 0.1) is 11.0 Å². The second-order valence-electron chi connectivity index (χ2n) is 3.89. The van der Waals surface area contributed by atoms with Crippen LogP contribution in [0.1, 0.15) is 0 Å². The first-order valence-corrected chi connectivity index (χ1v) is 5.08. The molecular weight excluding hydrogens is 250 g/mol. The van der Waals surface area contributed by atoms with Gasteiger partial charge in [0.2, 0.25) is 0 Å². The van der Waals surface area contributed by atoms with Crippen LogP contribution in [0, 0.1) is 0 Å². The lowest BCUT2D eigenvalue weighted by atomic mass is 10.1. The molecule has 0 spiro atoms. The minimum atomic E-state index is 0. The van der Waals surface area contributed by atoms with Crippen molar-refractivity contribution in [1.82, 2.24) is 4.98 Å². The average Bonchev–Trinajstić information content (AvgIpc) is 2.26. The molecule has 0 saturated carbocycles. The largest absolute Gasteiger partial charge is 0.412 e. The van der Waals surface area contributed by atoms with Gasteiger partial charge in [0, 0.05) is 22.1 Å². The van der Waals surface area contributed by atoms with E-state index in [-0.39, 0.29) is 17.9 Å². The summed E-state index contributed by atoms with van der Waals surface area (Å²) in [6.07, 6.45) is 0. The van der Waals surface area contributed by atoms with E-state index in [9.17, 15) is 0 Å². The van der Waals surface area contributed by atoms with Gasteiger partial charge in [0.25, 0.3) is 0 Å². The molecule has 0 unspecified atom stereocenters. The number of fused-ring (bicyclic) bond motifs is 2. The van der Waals surface area contributed by atoms with Crippen LogP contribution >= 0.6 is 12.4 Å². The third-order valence-electron chi connectivity index (χ3n) is 2.66. The highest BCUT2D eigenvalue weighted by molar-refractivity contribution is 5.94. The Labute approximate surface area is 110 Å². The van der Waals surface area contributed by atoms with Crippen molar-refractivity contribution in [3.05, 3.63) is 42.5 Å². The highest BCUT2D eigenvalue weighted by atomic mass is 35.5. The van der Waals surface area contributed by atoms with E-state index in [2.05, 4.69) is 11.1 Å². The molecule has 0 radical (unpaired) electrons. The van der Waals surface area contributed by atoms with Crippen molar-refractivity contribution in [2.75, 3.05) is 11.5 Å². The average molecular weight is 264 g/mol. The van der Waals surface area contributed by atoms with Crippen molar-refractivity contribution < 1.29 is 5.48 Å². The molecule has 4 nitrogen and oxygen atoms in total. The van der Waals surface area contributed by atoms with Gasteiger partial charge >= 0.3 is 0 Å². The van der Waals surface area contributed by atoms with Crippen LogP contribution in [-0.2, 0) is 0 Å². The summed E-state index contributed by atoms with van der Waals surface area (Å²) in [5, 5.41) is 2.18. The van der Waals surface area contributed by atoms with E-state index in [1.807, 2.05) is 36.4 Å². The molecule has 0 aliphatic rings. The molecule has 0 saturated heterocycles.